The van der Waals surface area contributed by atoms with Crippen molar-refractivity contribution in [1.29, 1.82) is 0 Å². The summed E-state index contributed by atoms with van der Waals surface area (Å²) in [5, 5.41) is 3.25. The van der Waals surface area contributed by atoms with Gasteiger partial charge in [0.25, 0.3) is 0 Å². The highest BCUT2D eigenvalue weighted by atomic mass is 16.2. The molecular weight excluding hydrogens is 348 g/mol. The predicted octanol–water partition coefficient (Wildman–Crippen LogP) is 3.93. The van der Waals surface area contributed by atoms with Gasteiger partial charge >= 0.3 is 0 Å². The van der Waals surface area contributed by atoms with Crippen LogP contribution in [-0.4, -0.2) is 35.7 Å². The zero-order valence-corrected chi connectivity index (χ0v) is 18.3. The van der Waals surface area contributed by atoms with Gasteiger partial charge in [-0.1, -0.05) is 19.9 Å². The molecule has 0 spiro atoms. The molecule has 6 atom stereocenters. The molecule has 0 aromatic rings. The molecule has 4 nitrogen and oxygen atoms in total. The third-order valence-corrected chi connectivity index (χ3v) is 8.34. The molecule has 3 fully saturated rings. The van der Waals surface area contributed by atoms with Gasteiger partial charge in [-0.05, 0) is 75.7 Å². The summed E-state index contributed by atoms with van der Waals surface area (Å²) in [4.78, 5) is 27.4. The number of rotatable bonds is 1. The molecule has 1 aliphatic heterocycles. The fraction of sp³-hybridized carbons (Fsp3) is 0.750. The van der Waals surface area contributed by atoms with Crippen LogP contribution in [0, 0.1) is 34.5 Å². The lowest BCUT2D eigenvalue weighted by molar-refractivity contribution is -0.133. The van der Waals surface area contributed by atoms with E-state index in [2.05, 4.69) is 58.0 Å². The highest BCUT2D eigenvalue weighted by Gasteiger charge is 2.60. The number of carbonyl (C=O) groups is 2. The maximum Gasteiger partial charge on any atom is 0.224 e. The molecule has 0 radical (unpaired) electrons. The number of amides is 1. The normalized spacial score (nSPS) is 42.4. The Balaban J connectivity index is 1.63. The lowest BCUT2D eigenvalue weighted by Crippen LogP contribution is -2.57. The highest BCUT2D eigenvalue weighted by Crippen LogP contribution is 2.64. The Hall–Kier alpha value is -1.58. The number of nitrogens with one attached hydrogen (secondary N) is 1. The molecule has 0 bridgehead atoms. The zero-order chi connectivity index (χ0) is 20.5. The van der Waals surface area contributed by atoms with Crippen LogP contribution in [0.5, 0.6) is 0 Å². The van der Waals surface area contributed by atoms with E-state index >= 15 is 0 Å². The third-order valence-electron chi connectivity index (χ3n) is 8.34. The lowest BCUT2D eigenvalue weighted by Gasteiger charge is -2.59. The maximum atomic E-state index is 13.1. The number of hydrogen-bond donors (Lipinski definition) is 1. The van der Waals surface area contributed by atoms with E-state index in [9.17, 15) is 9.59 Å². The van der Waals surface area contributed by atoms with E-state index < -0.39 is 0 Å². The van der Waals surface area contributed by atoms with Crippen molar-refractivity contribution in [2.75, 3.05) is 13.6 Å². The molecule has 1 N–H and O–H groups in total. The summed E-state index contributed by atoms with van der Waals surface area (Å²) in [5.41, 5.74) is 1.03. The standard InChI is InChI=1S/C24H36N2O2/c1-22(2,3)25-21(28)19-8-7-17-16-14-26(6)20-13-15(27)9-11-24(20,5)18(16)10-12-23(17,19)4/h9,11,13,16-19H,7-8,10,12,14H2,1-6H3,(H,25,28)/t16?,17?,18?,19-,23+,24-/m1/s1. The van der Waals surface area contributed by atoms with Crippen LogP contribution in [0.4, 0.5) is 0 Å². The average Bonchev–Trinajstić information content (AvgIpc) is 2.93. The number of hydrogen-bond acceptors (Lipinski definition) is 3. The van der Waals surface area contributed by atoms with E-state index in [0.717, 1.165) is 32.2 Å². The summed E-state index contributed by atoms with van der Waals surface area (Å²) in [6.07, 6.45) is 10.2. The van der Waals surface area contributed by atoms with Gasteiger partial charge in [-0.25, -0.2) is 0 Å². The fourth-order valence-corrected chi connectivity index (χ4v) is 7.10. The molecule has 4 heteroatoms. The minimum atomic E-state index is -0.180. The first-order valence-corrected chi connectivity index (χ1v) is 10.9. The van der Waals surface area contributed by atoms with Crippen LogP contribution >= 0.6 is 0 Å². The quantitative estimate of drug-likeness (QED) is 0.745. The summed E-state index contributed by atoms with van der Waals surface area (Å²) >= 11 is 0. The Morgan fingerprint density at radius 2 is 1.89 bits per heavy atom. The smallest absolute Gasteiger partial charge is 0.224 e. The molecule has 0 aromatic heterocycles. The summed E-state index contributed by atoms with van der Waals surface area (Å²) in [5.74, 6) is 2.19. The van der Waals surface area contributed by atoms with Gasteiger partial charge in [0, 0.05) is 42.2 Å². The second kappa shape index (κ2) is 6.21. The topological polar surface area (TPSA) is 49.4 Å². The van der Waals surface area contributed by atoms with Gasteiger partial charge in [-0.2, -0.15) is 0 Å². The first-order chi connectivity index (χ1) is 13.0. The van der Waals surface area contributed by atoms with Crippen molar-refractivity contribution in [3.8, 4) is 0 Å². The average molecular weight is 385 g/mol. The second-order valence-electron chi connectivity index (χ2n) is 11.2. The molecule has 4 rings (SSSR count). The molecule has 1 heterocycles. The maximum absolute atomic E-state index is 13.1. The number of fused-ring (bicyclic) bond motifs is 5. The van der Waals surface area contributed by atoms with Crippen molar-refractivity contribution in [2.24, 2.45) is 34.5 Å². The van der Waals surface area contributed by atoms with E-state index in [1.54, 1.807) is 6.08 Å². The number of nitrogens with zero attached hydrogens (tertiary/aromatic N) is 1. The third kappa shape index (κ3) is 2.86. The van der Waals surface area contributed by atoms with Crippen molar-refractivity contribution >= 4 is 11.7 Å². The molecule has 3 unspecified atom stereocenters. The first kappa shape index (κ1) is 19.7. The molecule has 0 aromatic carbocycles. The Kier molecular flexibility index (Phi) is 4.37. The van der Waals surface area contributed by atoms with Crippen LogP contribution in [0.25, 0.3) is 0 Å². The van der Waals surface area contributed by atoms with E-state index in [1.165, 1.54) is 5.70 Å². The number of piperidine rings is 1. The molecule has 2 saturated carbocycles. The van der Waals surface area contributed by atoms with Crippen molar-refractivity contribution < 1.29 is 9.59 Å². The number of allylic oxidation sites excluding steroid dienone is 3. The molecule has 3 aliphatic carbocycles. The van der Waals surface area contributed by atoms with E-state index in [1.807, 2.05) is 6.08 Å². The summed E-state index contributed by atoms with van der Waals surface area (Å²) in [6, 6.07) is 0. The van der Waals surface area contributed by atoms with Gasteiger partial charge in [0.2, 0.25) is 5.91 Å². The van der Waals surface area contributed by atoms with Crippen molar-refractivity contribution in [2.45, 2.75) is 65.8 Å². The van der Waals surface area contributed by atoms with E-state index in [0.29, 0.717) is 17.8 Å². The minimum absolute atomic E-state index is 0.0569. The van der Waals surface area contributed by atoms with Gasteiger partial charge in [0.15, 0.2) is 5.78 Å². The van der Waals surface area contributed by atoms with Crippen LogP contribution in [-0.2, 0) is 9.59 Å². The lowest BCUT2D eigenvalue weighted by atomic mass is 9.50. The molecule has 28 heavy (non-hydrogen) atoms. The Labute approximate surface area is 169 Å². The Morgan fingerprint density at radius 3 is 2.57 bits per heavy atom. The van der Waals surface area contributed by atoms with Gasteiger partial charge in [0.05, 0.1) is 0 Å². The van der Waals surface area contributed by atoms with Crippen LogP contribution in [0.1, 0.15) is 60.3 Å². The second-order valence-corrected chi connectivity index (χ2v) is 11.2. The van der Waals surface area contributed by atoms with Crippen molar-refractivity contribution in [1.82, 2.24) is 10.2 Å². The van der Waals surface area contributed by atoms with Crippen LogP contribution in [0.2, 0.25) is 0 Å². The number of carbonyl (C=O) groups excluding carboxylic acids is 2. The van der Waals surface area contributed by atoms with Crippen molar-refractivity contribution in [3.63, 3.8) is 0 Å². The monoisotopic (exact) mass is 384 g/mol. The van der Waals surface area contributed by atoms with E-state index in [-0.39, 0.29) is 34.0 Å². The largest absolute Gasteiger partial charge is 0.377 e. The zero-order valence-electron chi connectivity index (χ0n) is 18.3. The molecule has 1 saturated heterocycles. The van der Waals surface area contributed by atoms with Crippen LogP contribution in [0.15, 0.2) is 23.9 Å². The first-order valence-electron chi connectivity index (χ1n) is 10.9. The fourth-order valence-electron chi connectivity index (χ4n) is 7.10. The predicted molar refractivity (Wildman–Crippen MR) is 111 cm³/mol. The van der Waals surface area contributed by atoms with E-state index in [4.69, 9.17) is 0 Å². The Morgan fingerprint density at radius 1 is 1.18 bits per heavy atom. The van der Waals surface area contributed by atoms with Gasteiger partial charge in [-0.3, -0.25) is 9.59 Å². The van der Waals surface area contributed by atoms with Crippen LogP contribution < -0.4 is 5.32 Å². The minimum Gasteiger partial charge on any atom is -0.377 e. The van der Waals surface area contributed by atoms with Gasteiger partial charge in [0.1, 0.15) is 0 Å². The van der Waals surface area contributed by atoms with Crippen molar-refractivity contribution in [3.05, 3.63) is 23.9 Å². The Bertz CT molecular complexity index is 761. The van der Waals surface area contributed by atoms with Crippen LogP contribution in [0.3, 0.4) is 0 Å². The molecular formula is C24H36N2O2. The molecule has 4 aliphatic rings. The summed E-state index contributed by atoms with van der Waals surface area (Å²) in [7, 11) is 2.14. The van der Waals surface area contributed by atoms with Gasteiger partial charge < -0.3 is 10.2 Å². The SMILES string of the molecule is CN1CC2C(CC[C@@]3(C)C2CC[C@@H]3C(=O)NC(C)(C)C)[C@@]2(C)C=CC(=O)C=C12. The summed E-state index contributed by atoms with van der Waals surface area (Å²) in [6.45, 7) is 11.9. The number of likely N-dealkylation sites (tertiary alicyclic amines) is 1. The highest BCUT2D eigenvalue weighted by molar-refractivity contribution is 6.01. The molecule has 154 valence electrons. The summed E-state index contributed by atoms with van der Waals surface area (Å²) < 4.78 is 0. The molecule has 1 amide bonds. The number of ketones is 1. The van der Waals surface area contributed by atoms with Gasteiger partial charge in [-0.15, -0.1) is 0 Å².